The average Bonchev–Trinajstić information content (AvgIpc) is 2.83. The Morgan fingerprint density at radius 1 is 1.15 bits per heavy atom. The van der Waals surface area contributed by atoms with E-state index in [0.29, 0.717) is 6.61 Å². The van der Waals surface area contributed by atoms with Gasteiger partial charge in [-0.15, -0.1) is 0 Å². The van der Waals surface area contributed by atoms with Crippen LogP contribution in [0.3, 0.4) is 0 Å². The lowest BCUT2D eigenvalue weighted by Gasteiger charge is -2.06. The van der Waals surface area contributed by atoms with Crippen molar-refractivity contribution in [2.75, 3.05) is 13.7 Å². The number of ether oxygens (including phenoxy) is 2. The highest BCUT2D eigenvalue weighted by atomic mass is 16.5. The first-order valence-corrected chi connectivity index (χ1v) is 6.78. The van der Waals surface area contributed by atoms with Gasteiger partial charge in [-0.1, -0.05) is 6.92 Å². The number of methoxy groups -OCH3 is 1. The van der Waals surface area contributed by atoms with E-state index in [9.17, 15) is 0 Å². The van der Waals surface area contributed by atoms with Crippen molar-refractivity contribution in [2.45, 2.75) is 27.0 Å². The van der Waals surface area contributed by atoms with Crippen molar-refractivity contribution in [3.05, 3.63) is 47.4 Å². The number of benzene rings is 1. The molecule has 0 spiro atoms. The van der Waals surface area contributed by atoms with Gasteiger partial charge in [0, 0.05) is 5.56 Å². The van der Waals surface area contributed by atoms with Crippen LogP contribution in [0.5, 0.6) is 11.5 Å². The quantitative estimate of drug-likeness (QED) is 0.842. The van der Waals surface area contributed by atoms with Crippen LogP contribution in [0.15, 0.2) is 34.7 Å². The summed E-state index contributed by atoms with van der Waals surface area (Å²) >= 11 is 0. The van der Waals surface area contributed by atoms with E-state index in [-0.39, 0.29) is 0 Å². The Balaban J connectivity index is 1.94. The maximum absolute atomic E-state index is 5.75. The molecule has 0 aliphatic rings. The molecule has 0 aliphatic heterocycles. The summed E-state index contributed by atoms with van der Waals surface area (Å²) in [6.45, 7) is 6.22. The highest BCUT2D eigenvalue weighted by Crippen LogP contribution is 2.20. The number of aryl methyl sites for hydroxylation is 1. The zero-order valence-electron chi connectivity index (χ0n) is 12.2. The zero-order chi connectivity index (χ0) is 14.4. The molecule has 4 nitrogen and oxygen atoms in total. The Labute approximate surface area is 119 Å². The molecule has 0 amide bonds. The SMILES string of the molecule is CCNCc1cc(COc2ccc(OC)cc2)c(C)o1. The van der Waals surface area contributed by atoms with E-state index in [2.05, 4.69) is 12.2 Å². The molecule has 0 atom stereocenters. The van der Waals surface area contributed by atoms with Crippen molar-refractivity contribution in [2.24, 2.45) is 0 Å². The van der Waals surface area contributed by atoms with Gasteiger partial charge in [-0.05, 0) is 43.8 Å². The van der Waals surface area contributed by atoms with Crippen LogP contribution in [0.4, 0.5) is 0 Å². The topological polar surface area (TPSA) is 43.6 Å². The lowest BCUT2D eigenvalue weighted by molar-refractivity contribution is 0.302. The van der Waals surface area contributed by atoms with E-state index in [0.717, 1.165) is 41.7 Å². The largest absolute Gasteiger partial charge is 0.497 e. The van der Waals surface area contributed by atoms with Crippen LogP contribution in [0, 0.1) is 6.92 Å². The van der Waals surface area contributed by atoms with E-state index in [1.165, 1.54) is 0 Å². The Bertz CT molecular complexity index is 531. The second-order valence-electron chi connectivity index (χ2n) is 4.54. The minimum Gasteiger partial charge on any atom is -0.497 e. The summed E-state index contributed by atoms with van der Waals surface area (Å²) < 4.78 is 16.5. The van der Waals surface area contributed by atoms with Crippen molar-refractivity contribution < 1.29 is 13.9 Å². The summed E-state index contributed by atoms with van der Waals surface area (Å²) in [4.78, 5) is 0. The fraction of sp³-hybridized carbons (Fsp3) is 0.375. The third-order valence-electron chi connectivity index (χ3n) is 3.07. The second kappa shape index (κ2) is 7.01. The standard InChI is InChI=1S/C16H21NO3/c1-4-17-10-16-9-13(12(2)20-16)11-19-15-7-5-14(18-3)6-8-15/h5-9,17H,4,10-11H2,1-3H3. The molecule has 0 unspecified atom stereocenters. The lowest BCUT2D eigenvalue weighted by Crippen LogP contribution is -2.10. The van der Waals surface area contributed by atoms with Gasteiger partial charge >= 0.3 is 0 Å². The molecule has 2 rings (SSSR count). The number of hydrogen-bond donors (Lipinski definition) is 1. The second-order valence-corrected chi connectivity index (χ2v) is 4.54. The van der Waals surface area contributed by atoms with Gasteiger partial charge in [-0.2, -0.15) is 0 Å². The van der Waals surface area contributed by atoms with Gasteiger partial charge in [-0.25, -0.2) is 0 Å². The van der Waals surface area contributed by atoms with Gasteiger partial charge in [0.1, 0.15) is 29.6 Å². The molecular weight excluding hydrogens is 254 g/mol. The first-order chi connectivity index (χ1) is 9.72. The molecule has 1 heterocycles. The van der Waals surface area contributed by atoms with Crippen molar-refractivity contribution in [3.8, 4) is 11.5 Å². The normalized spacial score (nSPS) is 10.6. The number of furan rings is 1. The van der Waals surface area contributed by atoms with Crippen LogP contribution < -0.4 is 14.8 Å². The van der Waals surface area contributed by atoms with Gasteiger partial charge in [0.2, 0.25) is 0 Å². The molecule has 0 saturated carbocycles. The van der Waals surface area contributed by atoms with Crippen molar-refractivity contribution in [1.82, 2.24) is 5.32 Å². The Morgan fingerprint density at radius 3 is 2.50 bits per heavy atom. The molecule has 0 fully saturated rings. The maximum atomic E-state index is 5.75. The summed E-state index contributed by atoms with van der Waals surface area (Å²) in [5, 5.41) is 3.24. The van der Waals surface area contributed by atoms with Crippen molar-refractivity contribution in [3.63, 3.8) is 0 Å². The smallest absolute Gasteiger partial charge is 0.120 e. The van der Waals surface area contributed by atoms with Crippen LogP contribution in [-0.2, 0) is 13.2 Å². The molecular formula is C16H21NO3. The molecule has 0 aliphatic carbocycles. The Hall–Kier alpha value is -1.94. The van der Waals surface area contributed by atoms with Crippen molar-refractivity contribution >= 4 is 0 Å². The van der Waals surface area contributed by atoms with E-state index in [4.69, 9.17) is 13.9 Å². The molecule has 4 heteroatoms. The number of rotatable bonds is 7. The highest BCUT2D eigenvalue weighted by Gasteiger charge is 2.08. The highest BCUT2D eigenvalue weighted by molar-refractivity contribution is 5.31. The van der Waals surface area contributed by atoms with Crippen LogP contribution in [0.2, 0.25) is 0 Å². The Kier molecular flexibility index (Phi) is 5.07. The summed E-state index contributed by atoms with van der Waals surface area (Å²) in [5.74, 6) is 3.49. The molecule has 1 aromatic carbocycles. The number of nitrogens with one attached hydrogen (secondary N) is 1. The van der Waals surface area contributed by atoms with Gasteiger partial charge in [-0.3, -0.25) is 0 Å². The van der Waals surface area contributed by atoms with Crippen LogP contribution in [0.25, 0.3) is 0 Å². The van der Waals surface area contributed by atoms with E-state index < -0.39 is 0 Å². The van der Waals surface area contributed by atoms with E-state index in [1.54, 1.807) is 7.11 Å². The molecule has 20 heavy (non-hydrogen) atoms. The minimum absolute atomic E-state index is 0.508. The average molecular weight is 275 g/mol. The Morgan fingerprint density at radius 2 is 1.85 bits per heavy atom. The molecule has 0 saturated heterocycles. The molecule has 0 radical (unpaired) electrons. The molecule has 2 aromatic rings. The molecule has 1 N–H and O–H groups in total. The molecule has 1 aromatic heterocycles. The lowest BCUT2D eigenvalue weighted by atomic mass is 10.2. The van der Waals surface area contributed by atoms with Gasteiger partial charge in [0.15, 0.2) is 0 Å². The molecule has 0 bridgehead atoms. The first-order valence-electron chi connectivity index (χ1n) is 6.78. The third-order valence-corrected chi connectivity index (χ3v) is 3.07. The first kappa shape index (κ1) is 14.5. The van der Waals surface area contributed by atoms with Crippen LogP contribution in [0.1, 0.15) is 24.0 Å². The summed E-state index contributed by atoms with van der Waals surface area (Å²) in [5.41, 5.74) is 1.08. The summed E-state index contributed by atoms with van der Waals surface area (Å²) in [6.07, 6.45) is 0. The monoisotopic (exact) mass is 275 g/mol. The zero-order valence-corrected chi connectivity index (χ0v) is 12.2. The maximum Gasteiger partial charge on any atom is 0.120 e. The predicted octanol–water partition coefficient (Wildman–Crippen LogP) is 3.29. The number of hydrogen-bond acceptors (Lipinski definition) is 4. The fourth-order valence-electron chi connectivity index (χ4n) is 1.90. The van der Waals surface area contributed by atoms with Gasteiger partial charge in [0.25, 0.3) is 0 Å². The van der Waals surface area contributed by atoms with E-state index >= 15 is 0 Å². The van der Waals surface area contributed by atoms with E-state index in [1.807, 2.05) is 37.3 Å². The van der Waals surface area contributed by atoms with Gasteiger partial charge in [0.05, 0.1) is 13.7 Å². The van der Waals surface area contributed by atoms with Crippen LogP contribution >= 0.6 is 0 Å². The fourth-order valence-corrected chi connectivity index (χ4v) is 1.90. The van der Waals surface area contributed by atoms with Gasteiger partial charge < -0.3 is 19.2 Å². The summed E-state index contributed by atoms with van der Waals surface area (Å²) in [6, 6.07) is 9.60. The van der Waals surface area contributed by atoms with Crippen LogP contribution in [-0.4, -0.2) is 13.7 Å². The minimum atomic E-state index is 0.508. The van der Waals surface area contributed by atoms with Crippen molar-refractivity contribution in [1.29, 1.82) is 0 Å². The predicted molar refractivity (Wildman–Crippen MR) is 78.2 cm³/mol. The summed E-state index contributed by atoms with van der Waals surface area (Å²) in [7, 11) is 1.65. The third kappa shape index (κ3) is 3.78. The molecule has 108 valence electrons.